The van der Waals surface area contributed by atoms with E-state index in [0.29, 0.717) is 13.2 Å². The molecular formula is C23H21FN2O2. The zero-order valence-corrected chi connectivity index (χ0v) is 15.4. The molecule has 2 aromatic carbocycles. The fraction of sp³-hybridized carbons (Fsp3) is 0.217. The first-order chi connectivity index (χ1) is 13.7. The number of hydrogen-bond acceptors (Lipinski definition) is 3. The van der Waals surface area contributed by atoms with Crippen molar-refractivity contribution in [2.45, 2.75) is 32.0 Å². The third kappa shape index (κ3) is 4.36. The molecule has 0 aliphatic heterocycles. The lowest BCUT2D eigenvalue weighted by atomic mass is 10.1. The maximum atomic E-state index is 14.1. The van der Waals surface area contributed by atoms with Gasteiger partial charge >= 0.3 is 0 Å². The second-order valence-corrected chi connectivity index (χ2v) is 6.90. The van der Waals surface area contributed by atoms with E-state index in [1.165, 1.54) is 6.07 Å². The van der Waals surface area contributed by atoms with Gasteiger partial charge < -0.3 is 9.64 Å². The summed E-state index contributed by atoms with van der Waals surface area (Å²) < 4.78 is 19.9. The number of benzene rings is 2. The van der Waals surface area contributed by atoms with Crippen molar-refractivity contribution < 1.29 is 13.9 Å². The Labute approximate surface area is 163 Å². The number of ether oxygens (including phenoxy) is 1. The highest BCUT2D eigenvalue weighted by Gasteiger charge is 2.34. The molecule has 4 rings (SSSR count). The summed E-state index contributed by atoms with van der Waals surface area (Å²) in [5.74, 6) is -0.0248. The van der Waals surface area contributed by atoms with Gasteiger partial charge in [0.25, 0.3) is 5.91 Å². The Bertz CT molecular complexity index is 958. The molecule has 0 atom stereocenters. The lowest BCUT2D eigenvalue weighted by Gasteiger charge is -2.23. The van der Waals surface area contributed by atoms with Crippen molar-refractivity contribution in [3.63, 3.8) is 0 Å². The Morgan fingerprint density at radius 2 is 1.89 bits per heavy atom. The van der Waals surface area contributed by atoms with E-state index >= 15 is 0 Å². The second-order valence-electron chi connectivity index (χ2n) is 6.90. The molecule has 1 heterocycles. The van der Waals surface area contributed by atoms with Crippen molar-refractivity contribution >= 4 is 5.91 Å². The average molecular weight is 376 g/mol. The quantitative estimate of drug-likeness (QED) is 0.605. The summed E-state index contributed by atoms with van der Waals surface area (Å²) >= 11 is 0. The summed E-state index contributed by atoms with van der Waals surface area (Å²) in [7, 11) is 0. The third-order valence-corrected chi connectivity index (χ3v) is 4.72. The van der Waals surface area contributed by atoms with Crippen molar-refractivity contribution in [1.29, 1.82) is 0 Å². The van der Waals surface area contributed by atoms with Gasteiger partial charge in [0.05, 0.1) is 11.3 Å². The van der Waals surface area contributed by atoms with Crippen molar-refractivity contribution in [2.24, 2.45) is 0 Å². The molecular weight excluding hydrogens is 355 g/mol. The molecule has 1 fully saturated rings. The van der Waals surface area contributed by atoms with Crippen molar-refractivity contribution in [3.8, 4) is 5.75 Å². The molecule has 0 radical (unpaired) electrons. The van der Waals surface area contributed by atoms with Crippen LogP contribution in [0.25, 0.3) is 0 Å². The lowest BCUT2D eigenvalue weighted by Crippen LogP contribution is -2.33. The summed E-state index contributed by atoms with van der Waals surface area (Å²) in [5, 5.41) is 0. The number of carbonyl (C=O) groups excluding carboxylic acids is 1. The Morgan fingerprint density at radius 1 is 1.07 bits per heavy atom. The predicted octanol–water partition coefficient (Wildman–Crippen LogP) is 4.60. The van der Waals surface area contributed by atoms with Gasteiger partial charge in [-0.1, -0.05) is 30.3 Å². The standard InChI is InChI=1S/C23H21FN2O2/c24-22-10-2-1-9-21(22)23(27)26(19-11-12-19)15-17-6-5-8-20(14-17)28-16-18-7-3-4-13-25-18/h1-10,13-14,19H,11-12,15-16H2. The Kier molecular flexibility index (Phi) is 5.33. The van der Waals surface area contributed by atoms with Gasteiger partial charge in [0, 0.05) is 18.8 Å². The number of rotatable bonds is 7. The van der Waals surface area contributed by atoms with Crippen LogP contribution < -0.4 is 4.74 Å². The number of nitrogens with zero attached hydrogens (tertiary/aromatic N) is 2. The summed E-state index contributed by atoms with van der Waals surface area (Å²) in [5.41, 5.74) is 1.93. The van der Waals surface area contributed by atoms with Gasteiger partial charge in [-0.3, -0.25) is 9.78 Å². The summed E-state index contributed by atoms with van der Waals surface area (Å²) in [4.78, 5) is 18.9. The molecule has 0 saturated heterocycles. The highest BCUT2D eigenvalue weighted by Crippen LogP contribution is 2.31. The first-order valence-corrected chi connectivity index (χ1v) is 9.38. The largest absolute Gasteiger partial charge is 0.487 e. The minimum absolute atomic E-state index is 0.122. The molecule has 1 aliphatic rings. The zero-order valence-electron chi connectivity index (χ0n) is 15.4. The van der Waals surface area contributed by atoms with E-state index in [1.54, 1.807) is 29.3 Å². The van der Waals surface area contributed by atoms with E-state index in [1.807, 2.05) is 42.5 Å². The number of carbonyl (C=O) groups is 1. The second kappa shape index (κ2) is 8.21. The number of halogens is 1. The van der Waals surface area contributed by atoms with Gasteiger partial charge in [0.15, 0.2) is 0 Å². The third-order valence-electron chi connectivity index (χ3n) is 4.72. The van der Waals surface area contributed by atoms with Crippen LogP contribution >= 0.6 is 0 Å². The highest BCUT2D eigenvalue weighted by molar-refractivity contribution is 5.94. The van der Waals surface area contributed by atoms with Gasteiger partial charge in [0.2, 0.25) is 0 Å². The first-order valence-electron chi connectivity index (χ1n) is 9.38. The van der Waals surface area contributed by atoms with Gasteiger partial charge in [-0.15, -0.1) is 0 Å². The van der Waals surface area contributed by atoms with E-state index in [9.17, 15) is 9.18 Å². The topological polar surface area (TPSA) is 42.4 Å². The van der Waals surface area contributed by atoms with Gasteiger partial charge in [-0.2, -0.15) is 0 Å². The molecule has 5 heteroatoms. The molecule has 142 valence electrons. The van der Waals surface area contributed by atoms with Gasteiger partial charge in [-0.05, 0) is 54.8 Å². The predicted molar refractivity (Wildman–Crippen MR) is 104 cm³/mol. The average Bonchev–Trinajstić information content (AvgIpc) is 3.57. The van der Waals surface area contributed by atoms with Crippen LogP contribution in [0.1, 0.15) is 34.5 Å². The number of hydrogen-bond donors (Lipinski definition) is 0. The molecule has 1 amide bonds. The summed E-state index contributed by atoms with van der Waals surface area (Å²) in [6, 6.07) is 19.7. The van der Waals surface area contributed by atoms with Crippen LogP contribution in [0, 0.1) is 5.82 Å². The van der Waals surface area contributed by atoms with Crippen LogP contribution in [0.15, 0.2) is 72.9 Å². The van der Waals surface area contributed by atoms with E-state index in [0.717, 1.165) is 29.8 Å². The molecule has 4 nitrogen and oxygen atoms in total. The number of pyridine rings is 1. The van der Waals surface area contributed by atoms with Gasteiger partial charge in [-0.25, -0.2) is 4.39 Å². The molecule has 0 spiro atoms. The molecule has 28 heavy (non-hydrogen) atoms. The monoisotopic (exact) mass is 376 g/mol. The maximum absolute atomic E-state index is 14.1. The van der Waals surface area contributed by atoms with E-state index in [2.05, 4.69) is 4.98 Å². The number of amides is 1. The molecule has 0 unspecified atom stereocenters. The van der Waals surface area contributed by atoms with Crippen molar-refractivity contribution in [1.82, 2.24) is 9.88 Å². The molecule has 1 aromatic heterocycles. The highest BCUT2D eigenvalue weighted by atomic mass is 19.1. The van der Waals surface area contributed by atoms with Crippen LogP contribution in [-0.4, -0.2) is 21.8 Å². The van der Waals surface area contributed by atoms with Crippen molar-refractivity contribution in [2.75, 3.05) is 0 Å². The molecule has 1 saturated carbocycles. The molecule has 1 aliphatic carbocycles. The van der Waals surface area contributed by atoms with Crippen LogP contribution in [0.3, 0.4) is 0 Å². The van der Waals surface area contributed by atoms with Crippen LogP contribution in [0.5, 0.6) is 5.75 Å². The van der Waals surface area contributed by atoms with Crippen molar-refractivity contribution in [3.05, 3.63) is 95.6 Å². The van der Waals surface area contributed by atoms with Gasteiger partial charge in [0.1, 0.15) is 18.2 Å². The maximum Gasteiger partial charge on any atom is 0.257 e. The fourth-order valence-corrected chi connectivity index (χ4v) is 3.11. The minimum Gasteiger partial charge on any atom is -0.487 e. The summed E-state index contributed by atoms with van der Waals surface area (Å²) in [6.45, 7) is 0.809. The Hall–Kier alpha value is -3.21. The minimum atomic E-state index is -0.481. The lowest BCUT2D eigenvalue weighted by molar-refractivity contribution is 0.0725. The van der Waals surface area contributed by atoms with E-state index in [-0.39, 0.29) is 17.5 Å². The fourth-order valence-electron chi connectivity index (χ4n) is 3.11. The summed E-state index contributed by atoms with van der Waals surface area (Å²) in [6.07, 6.45) is 3.64. The SMILES string of the molecule is O=C(c1ccccc1F)N(Cc1cccc(OCc2ccccn2)c1)C1CC1. The van der Waals surface area contributed by atoms with E-state index < -0.39 is 5.82 Å². The zero-order chi connectivity index (χ0) is 19.3. The smallest absolute Gasteiger partial charge is 0.257 e. The number of aromatic nitrogens is 1. The molecule has 0 N–H and O–H groups in total. The normalized spacial score (nSPS) is 13.2. The first kappa shape index (κ1) is 18.2. The van der Waals surface area contributed by atoms with Crippen LogP contribution in [0.2, 0.25) is 0 Å². The molecule has 3 aromatic rings. The van der Waals surface area contributed by atoms with Crippen LogP contribution in [-0.2, 0) is 13.2 Å². The van der Waals surface area contributed by atoms with E-state index in [4.69, 9.17) is 4.74 Å². The molecule has 0 bridgehead atoms. The Morgan fingerprint density at radius 3 is 2.64 bits per heavy atom. The Balaban J connectivity index is 1.47. The van der Waals surface area contributed by atoms with Crippen LogP contribution in [0.4, 0.5) is 4.39 Å².